The first-order valence-corrected chi connectivity index (χ1v) is 9.86. The minimum absolute atomic E-state index is 0.0319. The lowest BCUT2D eigenvalue weighted by molar-refractivity contribution is -0.125. The number of nitrogens with two attached hydrogens (primary N) is 1. The first-order valence-electron chi connectivity index (χ1n) is 9.86. The molecular formula is C24H19N5O2. The van der Waals surface area contributed by atoms with Crippen molar-refractivity contribution in [3.05, 3.63) is 107 Å². The molecular weight excluding hydrogens is 390 g/mol. The van der Waals surface area contributed by atoms with Gasteiger partial charge < -0.3 is 10.6 Å². The van der Waals surface area contributed by atoms with Crippen molar-refractivity contribution < 1.29 is 4.79 Å². The van der Waals surface area contributed by atoms with Crippen LogP contribution in [0.2, 0.25) is 0 Å². The number of nitrogens with zero attached hydrogens (tertiary/aromatic N) is 4. The number of hydrogen-bond acceptors (Lipinski definition) is 4. The SMILES string of the molecule is C=CCN1C(=O)[C@]2(c3ccccc31)[C@H](c1ccccc1)C(C#N)=C(N)n1c(=O)ccn12. The fourth-order valence-corrected chi connectivity index (χ4v) is 4.94. The van der Waals surface area contributed by atoms with E-state index in [2.05, 4.69) is 12.6 Å². The van der Waals surface area contributed by atoms with Crippen LogP contribution in [0, 0.1) is 11.3 Å². The normalized spacial score (nSPS) is 21.7. The van der Waals surface area contributed by atoms with E-state index in [1.165, 1.54) is 10.7 Å². The number of fused-ring (bicyclic) bond motifs is 4. The Hall–Kier alpha value is -4.31. The number of hydrogen-bond donors (Lipinski definition) is 1. The number of para-hydroxylation sites is 1. The van der Waals surface area contributed by atoms with Crippen molar-refractivity contribution in [2.45, 2.75) is 11.5 Å². The molecule has 3 aromatic rings. The van der Waals surface area contributed by atoms with Gasteiger partial charge in [-0.2, -0.15) is 9.94 Å². The molecule has 1 amide bonds. The molecule has 0 saturated carbocycles. The molecule has 0 fully saturated rings. The van der Waals surface area contributed by atoms with Crippen LogP contribution in [-0.4, -0.2) is 21.8 Å². The number of amides is 1. The molecule has 0 unspecified atom stereocenters. The van der Waals surface area contributed by atoms with Crippen molar-refractivity contribution in [1.29, 1.82) is 5.26 Å². The molecule has 2 aliphatic heterocycles. The minimum atomic E-state index is -1.38. The first-order chi connectivity index (χ1) is 15.1. The molecule has 2 atom stereocenters. The van der Waals surface area contributed by atoms with Gasteiger partial charge in [0, 0.05) is 24.4 Å². The highest BCUT2D eigenvalue weighted by Crippen LogP contribution is 2.55. The van der Waals surface area contributed by atoms with Gasteiger partial charge in [-0.1, -0.05) is 54.6 Å². The Kier molecular flexibility index (Phi) is 3.99. The summed E-state index contributed by atoms with van der Waals surface area (Å²) in [6.45, 7) is 4.09. The van der Waals surface area contributed by atoms with E-state index in [-0.39, 0.29) is 17.3 Å². The second-order valence-electron chi connectivity index (χ2n) is 7.55. The monoisotopic (exact) mass is 409 g/mol. The van der Waals surface area contributed by atoms with Crippen molar-refractivity contribution in [1.82, 2.24) is 9.36 Å². The van der Waals surface area contributed by atoms with Gasteiger partial charge in [0.05, 0.1) is 23.2 Å². The number of aromatic nitrogens is 2. The molecule has 2 aliphatic rings. The lowest BCUT2D eigenvalue weighted by Crippen LogP contribution is -2.56. The predicted molar refractivity (Wildman–Crippen MR) is 117 cm³/mol. The van der Waals surface area contributed by atoms with Crippen LogP contribution in [0.3, 0.4) is 0 Å². The van der Waals surface area contributed by atoms with Crippen LogP contribution >= 0.6 is 0 Å². The zero-order valence-corrected chi connectivity index (χ0v) is 16.6. The summed E-state index contributed by atoms with van der Waals surface area (Å²) in [5, 5.41) is 10.1. The molecule has 1 spiro atoms. The third-order valence-electron chi connectivity index (χ3n) is 6.10. The lowest BCUT2D eigenvalue weighted by atomic mass is 9.70. The fraction of sp³-hybridized carbons (Fsp3) is 0.125. The summed E-state index contributed by atoms with van der Waals surface area (Å²) < 4.78 is 2.82. The van der Waals surface area contributed by atoms with Gasteiger partial charge in [-0.05, 0) is 11.6 Å². The molecule has 1 aromatic heterocycles. The third kappa shape index (κ3) is 2.21. The Morgan fingerprint density at radius 2 is 1.81 bits per heavy atom. The Balaban J connectivity index is 1.97. The predicted octanol–water partition coefficient (Wildman–Crippen LogP) is 2.37. The first kappa shape index (κ1) is 18.7. The Morgan fingerprint density at radius 3 is 2.52 bits per heavy atom. The van der Waals surface area contributed by atoms with E-state index in [0.717, 1.165) is 11.3 Å². The average molecular weight is 409 g/mol. The van der Waals surface area contributed by atoms with Crippen molar-refractivity contribution in [3.63, 3.8) is 0 Å². The highest BCUT2D eigenvalue weighted by Gasteiger charge is 2.61. The van der Waals surface area contributed by atoms with E-state index in [0.29, 0.717) is 12.1 Å². The highest BCUT2D eigenvalue weighted by molar-refractivity contribution is 6.10. The van der Waals surface area contributed by atoms with Crippen LogP contribution < -0.4 is 16.2 Å². The minimum Gasteiger partial charge on any atom is -0.383 e. The third-order valence-corrected chi connectivity index (χ3v) is 6.10. The van der Waals surface area contributed by atoms with Crippen molar-refractivity contribution >= 4 is 17.4 Å². The summed E-state index contributed by atoms with van der Waals surface area (Å²) in [7, 11) is 0. The van der Waals surface area contributed by atoms with E-state index in [9.17, 15) is 14.9 Å². The topological polar surface area (TPSA) is 97.1 Å². The average Bonchev–Trinajstić information content (AvgIpc) is 3.29. The molecule has 7 heteroatoms. The van der Waals surface area contributed by atoms with Gasteiger partial charge in [-0.25, -0.2) is 0 Å². The van der Waals surface area contributed by atoms with Crippen molar-refractivity contribution in [3.8, 4) is 6.07 Å². The van der Waals surface area contributed by atoms with E-state index < -0.39 is 17.0 Å². The quantitative estimate of drug-likeness (QED) is 0.672. The molecule has 2 N–H and O–H groups in total. The van der Waals surface area contributed by atoms with E-state index in [1.807, 2.05) is 54.6 Å². The molecule has 0 radical (unpaired) electrons. The van der Waals surface area contributed by atoms with Crippen LogP contribution in [-0.2, 0) is 10.3 Å². The summed E-state index contributed by atoms with van der Waals surface area (Å²) in [5.41, 5.74) is 6.94. The van der Waals surface area contributed by atoms with E-state index in [4.69, 9.17) is 5.73 Å². The molecule has 2 aromatic carbocycles. The van der Waals surface area contributed by atoms with Crippen molar-refractivity contribution in [2.24, 2.45) is 5.73 Å². The van der Waals surface area contributed by atoms with Gasteiger partial charge in [0.1, 0.15) is 5.82 Å². The lowest BCUT2D eigenvalue weighted by Gasteiger charge is -2.42. The van der Waals surface area contributed by atoms with E-state index in [1.54, 1.807) is 21.9 Å². The number of carbonyl (C=O) groups excluding carboxylic acids is 1. The highest BCUT2D eigenvalue weighted by atomic mass is 16.2. The maximum Gasteiger partial charge on any atom is 0.272 e. The van der Waals surface area contributed by atoms with Crippen LogP contribution in [0.5, 0.6) is 0 Å². The van der Waals surface area contributed by atoms with Crippen LogP contribution in [0.25, 0.3) is 5.82 Å². The molecule has 152 valence electrons. The zero-order chi connectivity index (χ0) is 21.8. The number of rotatable bonds is 3. The summed E-state index contributed by atoms with van der Waals surface area (Å²) in [6, 6.07) is 20.4. The molecule has 3 heterocycles. The standard InChI is InChI=1S/C24H19N5O2/c1-2-13-27-19-11-7-6-10-18(19)24(23(27)31)21(16-8-4-3-5-9-16)17(15-25)22(26)29-20(30)12-14-28(24)29/h2-12,14,21H,1,13,26H2/t21-,24+/m1/s1. The maximum absolute atomic E-state index is 14.2. The smallest absolute Gasteiger partial charge is 0.272 e. The van der Waals surface area contributed by atoms with E-state index >= 15 is 0 Å². The van der Waals surface area contributed by atoms with Gasteiger partial charge in [0.15, 0.2) is 5.54 Å². The van der Waals surface area contributed by atoms with Gasteiger partial charge in [-0.3, -0.25) is 14.3 Å². The summed E-state index contributed by atoms with van der Waals surface area (Å²) >= 11 is 0. The van der Waals surface area contributed by atoms with Gasteiger partial charge in [0.2, 0.25) is 0 Å². The molecule has 7 nitrogen and oxygen atoms in total. The van der Waals surface area contributed by atoms with Gasteiger partial charge >= 0.3 is 0 Å². The number of benzene rings is 2. The molecule has 5 rings (SSSR count). The van der Waals surface area contributed by atoms with Crippen LogP contribution in [0.1, 0.15) is 17.0 Å². The fourth-order valence-electron chi connectivity index (χ4n) is 4.94. The zero-order valence-electron chi connectivity index (χ0n) is 16.6. The maximum atomic E-state index is 14.2. The number of carbonyl (C=O) groups is 1. The second-order valence-corrected chi connectivity index (χ2v) is 7.55. The number of allylic oxidation sites excluding steroid dienone is 1. The van der Waals surface area contributed by atoms with Gasteiger partial charge in [-0.15, -0.1) is 6.58 Å². The van der Waals surface area contributed by atoms with Crippen LogP contribution in [0.15, 0.2) is 89.9 Å². The molecule has 0 bridgehead atoms. The molecule has 31 heavy (non-hydrogen) atoms. The molecule has 0 aliphatic carbocycles. The van der Waals surface area contributed by atoms with Gasteiger partial charge in [0.25, 0.3) is 11.5 Å². The summed E-state index contributed by atoms with van der Waals surface area (Å²) in [6.07, 6.45) is 3.23. The Bertz CT molecular complexity index is 1360. The number of anilines is 1. The molecule has 0 saturated heterocycles. The summed E-state index contributed by atoms with van der Waals surface area (Å²) in [4.78, 5) is 28.6. The van der Waals surface area contributed by atoms with Crippen LogP contribution in [0.4, 0.5) is 5.69 Å². The second kappa shape index (κ2) is 6.61. The number of nitriles is 1. The Morgan fingerprint density at radius 1 is 1.10 bits per heavy atom. The summed E-state index contributed by atoms with van der Waals surface area (Å²) in [5.74, 6) is -0.926. The Labute approximate surface area is 178 Å². The van der Waals surface area contributed by atoms with Crippen molar-refractivity contribution in [2.75, 3.05) is 11.4 Å². The largest absolute Gasteiger partial charge is 0.383 e.